The summed E-state index contributed by atoms with van der Waals surface area (Å²) in [4.78, 5) is 14.8. The average molecular weight is 351 g/mol. The Kier molecular flexibility index (Phi) is 3.03. The van der Waals surface area contributed by atoms with Gasteiger partial charge in [-0.15, -0.1) is 21.5 Å². The van der Waals surface area contributed by atoms with Gasteiger partial charge < -0.3 is 4.90 Å². The first-order valence-electron chi connectivity index (χ1n) is 8.29. The Labute approximate surface area is 148 Å². The van der Waals surface area contributed by atoms with E-state index in [2.05, 4.69) is 46.3 Å². The topological polar surface area (TPSA) is 55.4 Å². The monoisotopic (exact) mass is 351 g/mol. The number of aromatic nitrogens is 4. The summed E-state index contributed by atoms with van der Waals surface area (Å²) in [6, 6.07) is 10.5. The lowest BCUT2D eigenvalue weighted by Crippen LogP contribution is -2.23. The van der Waals surface area contributed by atoms with Gasteiger partial charge in [0.15, 0.2) is 5.82 Å². The average Bonchev–Trinajstić information content (AvgIpc) is 3.32. The van der Waals surface area contributed by atoms with Crippen LogP contribution in [0.1, 0.15) is 24.2 Å². The van der Waals surface area contributed by atoms with E-state index < -0.39 is 0 Å². The summed E-state index contributed by atoms with van der Waals surface area (Å²) in [5.41, 5.74) is 3.52. The van der Waals surface area contributed by atoms with Crippen molar-refractivity contribution in [3.63, 3.8) is 0 Å². The van der Waals surface area contributed by atoms with E-state index in [1.165, 1.54) is 22.6 Å². The van der Waals surface area contributed by atoms with Gasteiger partial charge in [-0.05, 0) is 23.1 Å². The molecule has 0 N–H and O–H groups in total. The van der Waals surface area contributed by atoms with Crippen molar-refractivity contribution in [1.82, 2.24) is 19.2 Å². The summed E-state index contributed by atoms with van der Waals surface area (Å²) in [6.45, 7) is 3.89. The van der Waals surface area contributed by atoms with Gasteiger partial charge in [0.1, 0.15) is 4.70 Å². The highest BCUT2D eigenvalue weighted by Gasteiger charge is 2.26. The molecule has 1 atom stereocenters. The quantitative estimate of drug-likeness (QED) is 0.557. The number of anilines is 1. The van der Waals surface area contributed by atoms with Crippen molar-refractivity contribution in [3.05, 3.63) is 57.5 Å². The molecule has 0 bridgehead atoms. The van der Waals surface area contributed by atoms with Crippen molar-refractivity contribution in [2.75, 3.05) is 11.4 Å². The lowest BCUT2D eigenvalue weighted by atomic mass is 10.0. The number of para-hydroxylation sites is 1. The van der Waals surface area contributed by atoms with E-state index in [9.17, 15) is 4.79 Å². The summed E-state index contributed by atoms with van der Waals surface area (Å²) in [7, 11) is 1.75. The van der Waals surface area contributed by atoms with E-state index in [1.54, 1.807) is 11.6 Å². The molecule has 0 aliphatic carbocycles. The Hall–Kier alpha value is -2.67. The molecule has 25 heavy (non-hydrogen) atoms. The van der Waals surface area contributed by atoms with Crippen molar-refractivity contribution >= 4 is 33.0 Å². The highest BCUT2D eigenvalue weighted by molar-refractivity contribution is 7.17. The van der Waals surface area contributed by atoms with Crippen LogP contribution in [0.15, 0.2) is 40.5 Å². The summed E-state index contributed by atoms with van der Waals surface area (Å²) >= 11 is 1.46. The number of thiophene rings is 1. The lowest BCUT2D eigenvalue weighted by Gasteiger charge is -2.18. The van der Waals surface area contributed by atoms with Crippen LogP contribution < -0.4 is 10.5 Å². The molecule has 0 fully saturated rings. The predicted octanol–water partition coefficient (Wildman–Crippen LogP) is 2.77. The number of hydrogen-bond donors (Lipinski definition) is 0. The zero-order chi connectivity index (χ0) is 17.1. The van der Waals surface area contributed by atoms with Crippen LogP contribution in [-0.2, 0) is 13.6 Å². The standard InChI is InChI=1S/C18H17N5OS/c1-11-9-22(13-6-4-3-5-12(11)13)10-15-19-20-18-21(2)17(24)16-14(23(15)18)7-8-25-16/h3-8,11H,9-10H2,1-2H3. The van der Waals surface area contributed by atoms with Gasteiger partial charge in [0.25, 0.3) is 5.56 Å². The fourth-order valence-electron chi connectivity index (χ4n) is 3.80. The van der Waals surface area contributed by atoms with Crippen molar-refractivity contribution in [3.8, 4) is 0 Å². The Bertz CT molecular complexity index is 1170. The third kappa shape index (κ3) is 1.99. The summed E-state index contributed by atoms with van der Waals surface area (Å²) < 4.78 is 4.33. The molecule has 0 saturated heterocycles. The Balaban J connectivity index is 1.67. The van der Waals surface area contributed by atoms with Crippen LogP contribution in [0.2, 0.25) is 0 Å². The fraction of sp³-hybridized carbons (Fsp3) is 0.278. The van der Waals surface area contributed by atoms with E-state index in [1.807, 2.05) is 15.8 Å². The number of hydrogen-bond acceptors (Lipinski definition) is 5. The molecule has 0 radical (unpaired) electrons. The fourth-order valence-corrected chi connectivity index (χ4v) is 4.65. The molecular formula is C18H17N5OS. The van der Waals surface area contributed by atoms with Crippen molar-refractivity contribution in [1.29, 1.82) is 0 Å². The zero-order valence-electron chi connectivity index (χ0n) is 14.0. The lowest BCUT2D eigenvalue weighted by molar-refractivity contribution is 0.720. The minimum atomic E-state index is -0.0170. The van der Waals surface area contributed by atoms with Gasteiger partial charge in [0.2, 0.25) is 5.78 Å². The van der Waals surface area contributed by atoms with Crippen LogP contribution in [0, 0.1) is 0 Å². The molecule has 0 amide bonds. The second kappa shape index (κ2) is 5.16. The van der Waals surface area contributed by atoms with Crippen LogP contribution in [0.4, 0.5) is 5.69 Å². The minimum absolute atomic E-state index is 0.0170. The molecule has 126 valence electrons. The summed E-state index contributed by atoms with van der Waals surface area (Å²) in [6.07, 6.45) is 0. The molecule has 7 heteroatoms. The highest BCUT2D eigenvalue weighted by atomic mass is 32.1. The SMILES string of the molecule is CC1CN(Cc2nnc3n(C)c(=O)c4sccc4n23)c2ccccc21. The molecule has 0 spiro atoms. The number of benzene rings is 1. The highest BCUT2D eigenvalue weighted by Crippen LogP contribution is 2.36. The van der Waals surface area contributed by atoms with Crippen LogP contribution in [0.3, 0.4) is 0 Å². The van der Waals surface area contributed by atoms with Crippen LogP contribution in [0.25, 0.3) is 16.0 Å². The Morgan fingerprint density at radius 3 is 2.96 bits per heavy atom. The number of nitrogens with zero attached hydrogens (tertiary/aromatic N) is 5. The van der Waals surface area contributed by atoms with Gasteiger partial charge >= 0.3 is 0 Å². The molecule has 4 heterocycles. The van der Waals surface area contributed by atoms with Gasteiger partial charge in [-0.2, -0.15) is 0 Å². The van der Waals surface area contributed by atoms with Crippen LogP contribution >= 0.6 is 11.3 Å². The second-order valence-corrected chi connectivity index (χ2v) is 7.51. The van der Waals surface area contributed by atoms with Gasteiger partial charge in [-0.3, -0.25) is 13.8 Å². The Morgan fingerprint density at radius 2 is 2.08 bits per heavy atom. The third-order valence-corrected chi connectivity index (χ3v) is 5.92. The first kappa shape index (κ1) is 14.7. The van der Waals surface area contributed by atoms with Gasteiger partial charge in [0, 0.05) is 25.2 Å². The maximum Gasteiger partial charge on any atom is 0.272 e. The molecule has 1 aliphatic heterocycles. The normalized spacial score (nSPS) is 16.9. The van der Waals surface area contributed by atoms with Gasteiger partial charge in [-0.25, -0.2) is 0 Å². The molecule has 4 aromatic rings. The molecule has 5 rings (SSSR count). The molecule has 1 unspecified atom stereocenters. The number of fused-ring (bicyclic) bond motifs is 4. The molecule has 1 aliphatic rings. The van der Waals surface area contributed by atoms with E-state index in [0.717, 1.165) is 22.6 Å². The van der Waals surface area contributed by atoms with Gasteiger partial charge in [-0.1, -0.05) is 25.1 Å². The first-order valence-corrected chi connectivity index (χ1v) is 9.17. The van der Waals surface area contributed by atoms with E-state index in [4.69, 9.17) is 0 Å². The van der Waals surface area contributed by atoms with Crippen LogP contribution in [-0.4, -0.2) is 25.7 Å². The third-order valence-electron chi connectivity index (χ3n) is 5.03. The largest absolute Gasteiger partial charge is 0.363 e. The Morgan fingerprint density at radius 1 is 1.24 bits per heavy atom. The van der Waals surface area contributed by atoms with Gasteiger partial charge in [0.05, 0.1) is 12.1 Å². The van der Waals surface area contributed by atoms with E-state index in [-0.39, 0.29) is 5.56 Å². The first-order chi connectivity index (χ1) is 12.1. The molecule has 1 aromatic carbocycles. The van der Waals surface area contributed by atoms with Crippen molar-refractivity contribution in [2.45, 2.75) is 19.4 Å². The van der Waals surface area contributed by atoms with E-state index in [0.29, 0.717) is 18.2 Å². The maximum atomic E-state index is 12.4. The molecule has 6 nitrogen and oxygen atoms in total. The molecule has 3 aromatic heterocycles. The summed E-state index contributed by atoms with van der Waals surface area (Å²) in [5, 5.41) is 10.6. The molecular weight excluding hydrogens is 334 g/mol. The number of rotatable bonds is 2. The smallest absolute Gasteiger partial charge is 0.272 e. The second-order valence-electron chi connectivity index (χ2n) is 6.59. The van der Waals surface area contributed by atoms with Crippen LogP contribution in [0.5, 0.6) is 0 Å². The summed E-state index contributed by atoms with van der Waals surface area (Å²) in [5.74, 6) is 1.95. The predicted molar refractivity (Wildman–Crippen MR) is 99.5 cm³/mol. The number of aryl methyl sites for hydroxylation is 1. The minimum Gasteiger partial charge on any atom is -0.363 e. The van der Waals surface area contributed by atoms with Crippen molar-refractivity contribution in [2.24, 2.45) is 7.05 Å². The van der Waals surface area contributed by atoms with Crippen molar-refractivity contribution < 1.29 is 0 Å². The maximum absolute atomic E-state index is 12.4. The molecule has 0 saturated carbocycles. The van der Waals surface area contributed by atoms with E-state index >= 15 is 0 Å². The zero-order valence-corrected chi connectivity index (χ0v) is 14.8.